The minimum Gasteiger partial charge on any atom is -0.463 e. The summed E-state index contributed by atoms with van der Waals surface area (Å²) >= 11 is 0. The van der Waals surface area contributed by atoms with Crippen LogP contribution in [0, 0.1) is 0 Å². The topological polar surface area (TPSA) is 61.8 Å². The Balaban J connectivity index is 2.56. The van der Waals surface area contributed by atoms with Gasteiger partial charge in [0.1, 0.15) is 6.10 Å². The van der Waals surface area contributed by atoms with E-state index < -0.39 is 14.4 Å². The molecule has 0 bridgehead atoms. The fourth-order valence-corrected chi connectivity index (χ4v) is 4.50. The number of unbranched alkanes of at least 4 members (excludes halogenated alkanes) is 5. The molecule has 0 N–H and O–H groups in total. The summed E-state index contributed by atoms with van der Waals surface area (Å²) in [5, 5.41) is 0.0144. The van der Waals surface area contributed by atoms with Crippen molar-refractivity contribution in [3.8, 4) is 0 Å². The van der Waals surface area contributed by atoms with Crippen LogP contribution in [-0.2, 0) is 23.5 Å². The fraction of sp³-hybridized carbons (Fsp3) is 0.833. The first-order valence-corrected chi connectivity index (χ1v) is 14.5. The molecule has 30 heavy (non-hydrogen) atoms. The van der Waals surface area contributed by atoms with Crippen molar-refractivity contribution in [2.45, 2.75) is 116 Å². The van der Waals surface area contributed by atoms with E-state index in [9.17, 15) is 9.59 Å². The highest BCUT2D eigenvalue weighted by Gasteiger charge is 2.44. The lowest BCUT2D eigenvalue weighted by molar-refractivity contribution is -0.144. The smallest absolute Gasteiger partial charge is 0.330 e. The van der Waals surface area contributed by atoms with Gasteiger partial charge >= 0.3 is 5.97 Å². The second-order valence-corrected chi connectivity index (χ2v) is 14.8. The lowest BCUT2D eigenvalue weighted by Gasteiger charge is -2.42. The monoisotopic (exact) mass is 440 g/mol. The molecule has 0 aromatic rings. The van der Waals surface area contributed by atoms with Gasteiger partial charge in [-0.15, -0.1) is 0 Å². The largest absolute Gasteiger partial charge is 0.463 e. The average Bonchev–Trinajstić information content (AvgIpc) is 2.62. The zero-order valence-electron chi connectivity index (χ0n) is 20.3. The van der Waals surface area contributed by atoms with E-state index in [4.69, 9.17) is 13.9 Å². The van der Waals surface area contributed by atoms with Gasteiger partial charge in [-0.25, -0.2) is 4.79 Å². The molecule has 0 radical (unpaired) electrons. The first-order valence-electron chi connectivity index (χ1n) is 11.6. The molecule has 5 nitrogen and oxygen atoms in total. The molecule has 1 aliphatic rings. The Kier molecular flexibility index (Phi) is 11.5. The van der Waals surface area contributed by atoms with Crippen LogP contribution in [0.15, 0.2) is 11.6 Å². The minimum absolute atomic E-state index is 0.0144. The highest BCUT2D eigenvalue weighted by atomic mass is 28.4. The number of rotatable bonds is 12. The lowest BCUT2D eigenvalue weighted by Crippen LogP contribution is -2.52. The van der Waals surface area contributed by atoms with Crippen molar-refractivity contribution in [2.75, 3.05) is 13.2 Å². The summed E-state index contributed by atoms with van der Waals surface area (Å²) in [5.74, 6) is -0.209. The molecule has 0 spiro atoms. The SMILES string of the molecule is CCCCCCCCOC(=O)/C=C(\C)C[C@@H]1OCCC(=O)[C@H]1O[Si](C)(C)C(C)(C)C. The van der Waals surface area contributed by atoms with Gasteiger partial charge in [0.25, 0.3) is 0 Å². The number of ketones is 1. The average molecular weight is 441 g/mol. The van der Waals surface area contributed by atoms with E-state index in [0.29, 0.717) is 26.1 Å². The van der Waals surface area contributed by atoms with Crippen LogP contribution in [0.4, 0.5) is 0 Å². The van der Waals surface area contributed by atoms with E-state index in [2.05, 4.69) is 40.8 Å². The van der Waals surface area contributed by atoms with Gasteiger partial charge in [-0.2, -0.15) is 0 Å². The molecule has 1 saturated heterocycles. The molecule has 1 rings (SSSR count). The van der Waals surface area contributed by atoms with Gasteiger partial charge in [0.15, 0.2) is 14.1 Å². The quantitative estimate of drug-likeness (QED) is 0.162. The van der Waals surface area contributed by atoms with Crippen LogP contribution in [0.1, 0.15) is 86.0 Å². The number of carbonyl (C=O) groups is 2. The Morgan fingerprint density at radius 1 is 1.17 bits per heavy atom. The van der Waals surface area contributed by atoms with E-state index in [1.807, 2.05) is 6.92 Å². The summed E-state index contributed by atoms with van der Waals surface area (Å²) in [6.45, 7) is 15.7. The van der Waals surface area contributed by atoms with Crippen LogP contribution in [0.2, 0.25) is 18.1 Å². The van der Waals surface area contributed by atoms with Crippen LogP contribution < -0.4 is 0 Å². The second kappa shape index (κ2) is 12.8. The summed E-state index contributed by atoms with van der Waals surface area (Å²) in [5.41, 5.74) is 0.853. The molecule has 0 aromatic heterocycles. The molecule has 0 saturated carbocycles. The van der Waals surface area contributed by atoms with E-state index in [-0.39, 0.29) is 22.9 Å². The van der Waals surface area contributed by atoms with Gasteiger partial charge in [0.05, 0.1) is 19.3 Å². The molecule has 2 atom stereocenters. The minimum atomic E-state index is -2.11. The third-order valence-electron chi connectivity index (χ3n) is 6.19. The van der Waals surface area contributed by atoms with E-state index in [1.54, 1.807) is 0 Å². The van der Waals surface area contributed by atoms with Gasteiger partial charge < -0.3 is 13.9 Å². The molecule has 0 aromatic carbocycles. The van der Waals surface area contributed by atoms with Gasteiger partial charge in [-0.05, 0) is 37.9 Å². The van der Waals surface area contributed by atoms with E-state index >= 15 is 0 Å². The van der Waals surface area contributed by atoms with Crippen molar-refractivity contribution in [3.63, 3.8) is 0 Å². The maximum Gasteiger partial charge on any atom is 0.330 e. The normalized spacial score (nSPS) is 21.0. The number of hydrogen-bond acceptors (Lipinski definition) is 5. The molecule has 6 heteroatoms. The molecule has 1 heterocycles. The number of hydrogen-bond donors (Lipinski definition) is 0. The number of ether oxygens (including phenoxy) is 2. The van der Waals surface area contributed by atoms with Crippen molar-refractivity contribution in [3.05, 3.63) is 11.6 Å². The Morgan fingerprint density at radius 2 is 1.80 bits per heavy atom. The molecule has 0 aliphatic carbocycles. The third-order valence-corrected chi connectivity index (χ3v) is 10.6. The zero-order valence-corrected chi connectivity index (χ0v) is 21.3. The Bertz CT molecular complexity index is 577. The molecule has 174 valence electrons. The van der Waals surface area contributed by atoms with Crippen molar-refractivity contribution in [2.24, 2.45) is 0 Å². The number of esters is 1. The highest BCUT2D eigenvalue weighted by molar-refractivity contribution is 6.74. The molecule has 0 amide bonds. The maximum absolute atomic E-state index is 12.6. The summed E-state index contributed by atoms with van der Waals surface area (Å²) < 4.78 is 17.6. The van der Waals surface area contributed by atoms with Crippen LogP contribution >= 0.6 is 0 Å². The number of carbonyl (C=O) groups excluding carboxylic acids is 2. The maximum atomic E-state index is 12.6. The third kappa shape index (κ3) is 9.44. The van der Waals surface area contributed by atoms with E-state index in [1.165, 1.54) is 31.8 Å². The summed E-state index contributed by atoms with van der Waals surface area (Å²) in [4.78, 5) is 24.7. The summed E-state index contributed by atoms with van der Waals surface area (Å²) in [6.07, 6.45) is 8.48. The molecule has 1 aliphatic heterocycles. The summed E-state index contributed by atoms with van der Waals surface area (Å²) in [7, 11) is -2.11. The van der Waals surface area contributed by atoms with Gasteiger partial charge in [0, 0.05) is 12.5 Å². The highest BCUT2D eigenvalue weighted by Crippen LogP contribution is 2.38. The van der Waals surface area contributed by atoms with Crippen molar-refractivity contribution in [1.29, 1.82) is 0 Å². The first-order chi connectivity index (χ1) is 14.0. The predicted molar refractivity (Wildman–Crippen MR) is 124 cm³/mol. The van der Waals surface area contributed by atoms with Gasteiger partial charge in [0.2, 0.25) is 0 Å². The summed E-state index contributed by atoms with van der Waals surface area (Å²) in [6, 6.07) is 0. The predicted octanol–water partition coefficient (Wildman–Crippen LogP) is 5.97. The Hall–Kier alpha value is -0.983. The van der Waals surface area contributed by atoms with E-state index in [0.717, 1.165) is 18.4 Å². The Labute approximate surface area is 185 Å². The lowest BCUT2D eigenvalue weighted by atomic mass is 9.98. The van der Waals surface area contributed by atoms with Gasteiger partial charge in [-0.1, -0.05) is 65.4 Å². The first kappa shape index (κ1) is 27.1. The molecular weight excluding hydrogens is 396 g/mol. The van der Waals surface area contributed by atoms with Crippen molar-refractivity contribution < 1.29 is 23.5 Å². The van der Waals surface area contributed by atoms with Crippen LogP contribution in [0.25, 0.3) is 0 Å². The van der Waals surface area contributed by atoms with Crippen LogP contribution in [-0.4, -0.2) is 45.5 Å². The van der Waals surface area contributed by atoms with Gasteiger partial charge in [-0.3, -0.25) is 4.79 Å². The van der Waals surface area contributed by atoms with Crippen LogP contribution in [0.5, 0.6) is 0 Å². The molecular formula is C24H44O5Si. The second-order valence-electron chi connectivity index (χ2n) is 10.1. The van der Waals surface area contributed by atoms with Crippen LogP contribution in [0.3, 0.4) is 0 Å². The molecule has 0 unspecified atom stereocenters. The van der Waals surface area contributed by atoms with Crippen molar-refractivity contribution in [1.82, 2.24) is 0 Å². The fourth-order valence-electron chi connectivity index (χ4n) is 3.22. The molecule has 1 fully saturated rings. The standard InChI is InChI=1S/C24H44O5Si/c1-8-9-10-11-12-13-15-28-22(26)18-19(2)17-21-23(20(25)14-16-27-21)29-30(6,7)24(3,4)5/h18,21,23H,8-17H2,1-7H3/b19-18+/t21-,23+/m0/s1. The number of Topliss-reactive ketones (excluding diaryl/α,β-unsaturated/α-hetero) is 1. The van der Waals surface area contributed by atoms with Crippen molar-refractivity contribution >= 4 is 20.1 Å². The zero-order chi connectivity index (χ0) is 22.8. The Morgan fingerprint density at radius 3 is 2.43 bits per heavy atom.